The zero-order chi connectivity index (χ0) is 19.4. The van der Waals surface area contributed by atoms with Gasteiger partial charge in [-0.2, -0.15) is 5.26 Å². The molecule has 138 valence electrons. The predicted octanol–water partition coefficient (Wildman–Crippen LogP) is 4.08. The normalized spacial score (nSPS) is 16.6. The van der Waals surface area contributed by atoms with Gasteiger partial charge in [0.1, 0.15) is 0 Å². The highest BCUT2D eigenvalue weighted by Crippen LogP contribution is 2.37. The van der Waals surface area contributed by atoms with E-state index in [0.717, 1.165) is 21.7 Å². The van der Waals surface area contributed by atoms with Crippen LogP contribution in [0.5, 0.6) is 0 Å². The average molecular weight is 398 g/mol. The summed E-state index contributed by atoms with van der Waals surface area (Å²) in [4.78, 5) is 25.4. The predicted molar refractivity (Wildman–Crippen MR) is 109 cm³/mol. The van der Waals surface area contributed by atoms with Gasteiger partial charge in [0.15, 0.2) is 0 Å². The van der Waals surface area contributed by atoms with E-state index < -0.39 is 0 Å². The van der Waals surface area contributed by atoms with Crippen molar-refractivity contribution in [3.8, 4) is 6.07 Å². The number of rotatable bonds is 5. The maximum absolute atomic E-state index is 12.4. The van der Waals surface area contributed by atoms with E-state index in [9.17, 15) is 14.9 Å². The van der Waals surface area contributed by atoms with Crippen molar-refractivity contribution in [2.75, 3.05) is 11.1 Å². The van der Waals surface area contributed by atoms with Crippen LogP contribution < -0.4 is 10.6 Å². The molecule has 2 aromatic rings. The quantitative estimate of drug-likeness (QED) is 0.797. The second-order valence-electron chi connectivity index (χ2n) is 6.33. The molecule has 0 radical (unpaired) electrons. The third-order valence-corrected chi connectivity index (χ3v) is 6.26. The fourth-order valence-corrected chi connectivity index (χ4v) is 4.57. The maximum Gasteiger partial charge on any atom is 0.234 e. The Kier molecular flexibility index (Phi) is 5.99. The summed E-state index contributed by atoms with van der Waals surface area (Å²) in [5, 5.41) is 17.7. The van der Waals surface area contributed by atoms with Crippen LogP contribution in [0.2, 0.25) is 0 Å². The zero-order valence-electron chi connectivity index (χ0n) is 15.0. The van der Waals surface area contributed by atoms with Crippen LogP contribution in [0.4, 0.5) is 5.69 Å². The maximum atomic E-state index is 12.4. The monoisotopic (exact) mass is 397 g/mol. The smallest absolute Gasteiger partial charge is 0.234 e. The molecule has 0 spiro atoms. The standard InChI is InChI=1S/C20H19N3O2S2/c1-12-5-6-13(2)16(8-12)22-19(25)11-27-20-15(10-21)14(9-18(24)23-20)17-4-3-7-26-17/h3-8,14H,9,11H2,1-2H3,(H,22,25)(H,23,24)/t14-/m1/s1. The van der Waals surface area contributed by atoms with E-state index in [1.165, 1.54) is 23.1 Å². The van der Waals surface area contributed by atoms with Crippen LogP contribution in [0.25, 0.3) is 0 Å². The van der Waals surface area contributed by atoms with Gasteiger partial charge in [-0.1, -0.05) is 30.0 Å². The molecule has 0 unspecified atom stereocenters. The summed E-state index contributed by atoms with van der Waals surface area (Å²) in [7, 11) is 0. The number of benzene rings is 1. The third kappa shape index (κ3) is 4.59. The van der Waals surface area contributed by atoms with E-state index in [1.807, 2.05) is 49.6 Å². The minimum Gasteiger partial charge on any atom is -0.325 e. The Morgan fingerprint density at radius 1 is 1.41 bits per heavy atom. The van der Waals surface area contributed by atoms with Gasteiger partial charge in [0.25, 0.3) is 0 Å². The number of thioether (sulfide) groups is 1. The van der Waals surface area contributed by atoms with E-state index in [0.29, 0.717) is 10.6 Å². The first-order valence-corrected chi connectivity index (χ1v) is 10.3. The molecule has 0 bridgehead atoms. The Labute approximate surface area is 166 Å². The van der Waals surface area contributed by atoms with Gasteiger partial charge < -0.3 is 10.6 Å². The van der Waals surface area contributed by atoms with E-state index in [2.05, 4.69) is 16.7 Å². The largest absolute Gasteiger partial charge is 0.325 e. The molecule has 7 heteroatoms. The van der Waals surface area contributed by atoms with Gasteiger partial charge in [-0.15, -0.1) is 11.3 Å². The molecule has 1 atom stereocenters. The van der Waals surface area contributed by atoms with E-state index >= 15 is 0 Å². The van der Waals surface area contributed by atoms with Crippen LogP contribution in [-0.2, 0) is 9.59 Å². The molecular weight excluding hydrogens is 378 g/mol. The number of hydrogen-bond donors (Lipinski definition) is 2. The van der Waals surface area contributed by atoms with Crippen LogP contribution in [0, 0.1) is 25.2 Å². The number of nitrogens with zero attached hydrogens (tertiary/aromatic N) is 1. The number of thiophene rings is 1. The molecule has 0 fully saturated rings. The number of allylic oxidation sites excluding steroid dienone is 1. The number of hydrogen-bond acceptors (Lipinski definition) is 5. The molecule has 2 heterocycles. The Hall–Kier alpha value is -2.56. The summed E-state index contributed by atoms with van der Waals surface area (Å²) < 4.78 is 0. The second-order valence-corrected chi connectivity index (χ2v) is 8.30. The summed E-state index contributed by atoms with van der Waals surface area (Å²) in [6.07, 6.45) is 0.252. The molecule has 2 amide bonds. The molecule has 0 saturated heterocycles. The van der Waals surface area contributed by atoms with E-state index in [-0.39, 0.29) is 29.9 Å². The lowest BCUT2D eigenvalue weighted by molar-refractivity contribution is -0.121. The summed E-state index contributed by atoms with van der Waals surface area (Å²) in [6.45, 7) is 3.90. The van der Waals surface area contributed by atoms with Crippen molar-refractivity contribution in [2.45, 2.75) is 26.2 Å². The number of nitriles is 1. The Bertz CT molecular complexity index is 943. The lowest BCUT2D eigenvalue weighted by Gasteiger charge is -2.23. The van der Waals surface area contributed by atoms with Crippen LogP contribution in [0.15, 0.2) is 46.3 Å². The van der Waals surface area contributed by atoms with E-state index in [1.54, 1.807) is 0 Å². The van der Waals surface area contributed by atoms with Crippen LogP contribution in [0.3, 0.4) is 0 Å². The van der Waals surface area contributed by atoms with Gasteiger partial charge in [0.2, 0.25) is 11.8 Å². The fourth-order valence-electron chi connectivity index (χ4n) is 2.86. The molecule has 3 rings (SSSR count). The molecule has 27 heavy (non-hydrogen) atoms. The van der Waals surface area contributed by atoms with Gasteiger partial charge in [0.05, 0.1) is 22.4 Å². The topological polar surface area (TPSA) is 82.0 Å². The van der Waals surface area contributed by atoms with Crippen molar-refractivity contribution in [2.24, 2.45) is 0 Å². The van der Waals surface area contributed by atoms with Crippen molar-refractivity contribution in [1.82, 2.24) is 5.32 Å². The summed E-state index contributed by atoms with van der Waals surface area (Å²) >= 11 is 2.72. The third-order valence-electron chi connectivity index (χ3n) is 4.26. The first-order chi connectivity index (χ1) is 13.0. The highest BCUT2D eigenvalue weighted by molar-refractivity contribution is 8.03. The lowest BCUT2D eigenvalue weighted by Crippen LogP contribution is -2.31. The number of aryl methyl sites for hydroxylation is 2. The number of nitrogens with one attached hydrogen (secondary N) is 2. The van der Waals surface area contributed by atoms with Crippen molar-refractivity contribution >= 4 is 40.6 Å². The summed E-state index contributed by atoms with van der Waals surface area (Å²) in [5.41, 5.74) is 3.34. The number of amides is 2. The van der Waals surface area contributed by atoms with Gasteiger partial charge in [-0.05, 0) is 42.5 Å². The van der Waals surface area contributed by atoms with Crippen LogP contribution in [0.1, 0.15) is 28.3 Å². The molecule has 2 N–H and O–H groups in total. The molecular formula is C20H19N3O2S2. The van der Waals surface area contributed by atoms with Crippen LogP contribution in [-0.4, -0.2) is 17.6 Å². The minimum atomic E-state index is -0.242. The fraction of sp³-hybridized carbons (Fsp3) is 0.250. The molecule has 5 nitrogen and oxygen atoms in total. The van der Waals surface area contributed by atoms with Gasteiger partial charge in [0, 0.05) is 22.9 Å². The molecule has 1 aromatic carbocycles. The van der Waals surface area contributed by atoms with Gasteiger partial charge >= 0.3 is 0 Å². The zero-order valence-corrected chi connectivity index (χ0v) is 16.7. The highest BCUT2D eigenvalue weighted by atomic mass is 32.2. The number of carbonyl (C=O) groups is 2. The van der Waals surface area contributed by atoms with Crippen molar-refractivity contribution < 1.29 is 9.59 Å². The highest BCUT2D eigenvalue weighted by Gasteiger charge is 2.30. The number of anilines is 1. The second kappa shape index (κ2) is 8.42. The molecule has 0 saturated carbocycles. The SMILES string of the molecule is Cc1ccc(C)c(NC(=O)CSC2=C(C#N)[C@H](c3cccs3)CC(=O)N2)c1. The minimum absolute atomic E-state index is 0.116. The Balaban J connectivity index is 1.73. The Morgan fingerprint density at radius 3 is 2.93 bits per heavy atom. The van der Waals surface area contributed by atoms with Crippen LogP contribution >= 0.6 is 23.1 Å². The molecule has 1 aromatic heterocycles. The summed E-state index contributed by atoms with van der Waals surface area (Å²) in [6, 6.07) is 11.9. The summed E-state index contributed by atoms with van der Waals surface area (Å²) in [5.74, 6) is -0.435. The van der Waals surface area contributed by atoms with Gasteiger partial charge in [-0.25, -0.2) is 0 Å². The lowest BCUT2D eigenvalue weighted by atomic mass is 9.93. The first kappa shape index (κ1) is 19.2. The van der Waals surface area contributed by atoms with Gasteiger partial charge in [-0.3, -0.25) is 9.59 Å². The first-order valence-electron chi connectivity index (χ1n) is 8.45. The van der Waals surface area contributed by atoms with Crippen molar-refractivity contribution in [3.05, 3.63) is 62.3 Å². The molecule has 0 aliphatic carbocycles. The number of carbonyl (C=O) groups excluding carboxylic acids is 2. The van der Waals surface area contributed by atoms with Crippen molar-refractivity contribution in [3.63, 3.8) is 0 Å². The van der Waals surface area contributed by atoms with Crippen molar-refractivity contribution in [1.29, 1.82) is 5.26 Å². The average Bonchev–Trinajstić information content (AvgIpc) is 3.17. The Morgan fingerprint density at radius 2 is 2.22 bits per heavy atom. The molecule has 1 aliphatic rings. The van der Waals surface area contributed by atoms with E-state index in [4.69, 9.17) is 0 Å². The molecule has 1 aliphatic heterocycles.